The van der Waals surface area contributed by atoms with Crippen molar-refractivity contribution in [1.29, 1.82) is 5.26 Å². The molecular weight excluding hydrogens is 412 g/mol. The van der Waals surface area contributed by atoms with E-state index in [1.807, 2.05) is 24.3 Å². The second kappa shape index (κ2) is 7.58. The predicted molar refractivity (Wildman–Crippen MR) is 117 cm³/mol. The Kier molecular flexibility index (Phi) is 4.86. The molecule has 158 valence electrons. The van der Waals surface area contributed by atoms with E-state index in [4.69, 9.17) is 16.9 Å². The van der Waals surface area contributed by atoms with E-state index in [1.165, 1.54) is 0 Å². The summed E-state index contributed by atoms with van der Waals surface area (Å²) in [5.74, 6) is 0.233. The van der Waals surface area contributed by atoms with E-state index >= 15 is 0 Å². The van der Waals surface area contributed by atoms with Gasteiger partial charge in [-0.2, -0.15) is 5.26 Å². The number of likely N-dealkylation sites (tertiary alicyclic amines) is 2. The number of urea groups is 1. The molecule has 2 aromatic carbocycles. The molecular formula is C24H23ClN4O2. The lowest BCUT2D eigenvalue weighted by Crippen LogP contribution is -2.67. The zero-order valence-corrected chi connectivity index (χ0v) is 17.8. The van der Waals surface area contributed by atoms with Crippen LogP contribution < -0.4 is 5.32 Å². The summed E-state index contributed by atoms with van der Waals surface area (Å²) in [6.07, 6.45) is 3.44. The van der Waals surface area contributed by atoms with Gasteiger partial charge in [-0.25, -0.2) is 4.79 Å². The molecule has 1 saturated carbocycles. The van der Waals surface area contributed by atoms with Crippen LogP contribution in [0.15, 0.2) is 48.5 Å². The first kappa shape index (κ1) is 19.9. The molecule has 0 aromatic heterocycles. The summed E-state index contributed by atoms with van der Waals surface area (Å²) in [5.41, 5.74) is 1.79. The number of carbonyl (C=O) groups is 2. The Morgan fingerprint density at radius 1 is 1.13 bits per heavy atom. The van der Waals surface area contributed by atoms with E-state index in [0.717, 1.165) is 18.4 Å². The zero-order valence-electron chi connectivity index (χ0n) is 17.1. The standard InChI is InChI=1S/C24H23ClN4O2/c25-18-6-4-17(5-7-18)21-24(22(30)29(21)20-8-9-20)10-12-28(13-11-24)23(31)27-19-3-1-2-16(14-19)15-26/h1-7,14,20-21H,8-13H2,(H,27,31). The summed E-state index contributed by atoms with van der Waals surface area (Å²) in [7, 11) is 0. The maximum absolute atomic E-state index is 13.3. The molecule has 0 radical (unpaired) electrons. The highest BCUT2D eigenvalue weighted by Gasteiger charge is 2.64. The number of piperidine rings is 1. The van der Waals surface area contributed by atoms with Crippen LogP contribution in [-0.2, 0) is 4.79 Å². The van der Waals surface area contributed by atoms with E-state index in [1.54, 1.807) is 29.2 Å². The number of benzene rings is 2. The van der Waals surface area contributed by atoms with Crippen molar-refractivity contribution in [3.63, 3.8) is 0 Å². The summed E-state index contributed by atoms with van der Waals surface area (Å²) >= 11 is 6.08. The van der Waals surface area contributed by atoms with Gasteiger partial charge in [-0.15, -0.1) is 0 Å². The molecule has 1 unspecified atom stereocenters. The van der Waals surface area contributed by atoms with Gasteiger partial charge in [0.25, 0.3) is 0 Å². The molecule has 2 aliphatic heterocycles. The molecule has 2 saturated heterocycles. The average molecular weight is 435 g/mol. The van der Waals surface area contributed by atoms with Crippen LogP contribution in [0.5, 0.6) is 0 Å². The fourth-order valence-electron chi connectivity index (χ4n) is 5.01. The number of halogens is 1. The minimum Gasteiger partial charge on any atom is -0.331 e. The Morgan fingerprint density at radius 3 is 2.48 bits per heavy atom. The molecule has 1 aliphatic carbocycles. The van der Waals surface area contributed by atoms with Crippen molar-refractivity contribution in [3.8, 4) is 6.07 Å². The van der Waals surface area contributed by atoms with Crippen LogP contribution in [0.2, 0.25) is 5.02 Å². The van der Waals surface area contributed by atoms with Crippen molar-refractivity contribution in [2.75, 3.05) is 18.4 Å². The molecule has 7 heteroatoms. The van der Waals surface area contributed by atoms with Crippen LogP contribution in [0, 0.1) is 16.7 Å². The molecule has 2 heterocycles. The summed E-state index contributed by atoms with van der Waals surface area (Å²) in [6, 6.07) is 17.0. The van der Waals surface area contributed by atoms with Gasteiger partial charge in [0.05, 0.1) is 23.1 Å². The Balaban J connectivity index is 1.30. The van der Waals surface area contributed by atoms with Crippen LogP contribution in [0.4, 0.5) is 10.5 Å². The largest absolute Gasteiger partial charge is 0.331 e. The van der Waals surface area contributed by atoms with Crippen LogP contribution in [0.25, 0.3) is 0 Å². The molecule has 3 amide bonds. The number of nitriles is 1. The average Bonchev–Trinajstić information content (AvgIpc) is 3.63. The van der Waals surface area contributed by atoms with Crippen LogP contribution in [0.3, 0.4) is 0 Å². The van der Waals surface area contributed by atoms with Crippen molar-refractivity contribution in [1.82, 2.24) is 9.80 Å². The predicted octanol–water partition coefficient (Wildman–Crippen LogP) is 4.57. The minimum atomic E-state index is -0.437. The van der Waals surface area contributed by atoms with Crippen LogP contribution in [0.1, 0.15) is 42.9 Å². The number of nitrogens with zero attached hydrogens (tertiary/aromatic N) is 3. The van der Waals surface area contributed by atoms with Gasteiger partial charge in [0, 0.05) is 29.8 Å². The first-order valence-electron chi connectivity index (χ1n) is 10.7. The van der Waals surface area contributed by atoms with Crippen molar-refractivity contribution in [2.24, 2.45) is 5.41 Å². The molecule has 1 N–H and O–H groups in total. The highest BCUT2D eigenvalue weighted by Crippen LogP contribution is 2.59. The third-order valence-corrected chi connectivity index (χ3v) is 7.03. The monoisotopic (exact) mass is 434 g/mol. The topological polar surface area (TPSA) is 76.4 Å². The number of hydrogen-bond donors (Lipinski definition) is 1. The molecule has 31 heavy (non-hydrogen) atoms. The maximum atomic E-state index is 13.3. The first-order chi connectivity index (χ1) is 15.0. The Hall–Kier alpha value is -3.04. The number of anilines is 1. The van der Waals surface area contributed by atoms with Crippen LogP contribution in [-0.4, -0.2) is 40.9 Å². The molecule has 3 aliphatic rings. The zero-order chi connectivity index (χ0) is 21.6. The van der Waals surface area contributed by atoms with Gasteiger partial charge in [-0.3, -0.25) is 4.79 Å². The van der Waals surface area contributed by atoms with E-state index in [2.05, 4.69) is 16.3 Å². The maximum Gasteiger partial charge on any atom is 0.321 e. The number of hydrogen-bond acceptors (Lipinski definition) is 3. The van der Waals surface area contributed by atoms with Crippen molar-refractivity contribution in [2.45, 2.75) is 37.8 Å². The van der Waals surface area contributed by atoms with Gasteiger partial charge in [-0.1, -0.05) is 29.8 Å². The molecule has 5 rings (SSSR count). The molecule has 3 fully saturated rings. The van der Waals surface area contributed by atoms with E-state index < -0.39 is 5.41 Å². The number of nitrogens with one attached hydrogen (secondary N) is 1. The Labute approximate surface area is 186 Å². The summed E-state index contributed by atoms with van der Waals surface area (Å²) in [6.45, 7) is 1.05. The van der Waals surface area contributed by atoms with Gasteiger partial charge in [0.2, 0.25) is 5.91 Å². The van der Waals surface area contributed by atoms with Gasteiger partial charge in [0.15, 0.2) is 0 Å². The quantitative estimate of drug-likeness (QED) is 0.719. The Morgan fingerprint density at radius 2 is 1.84 bits per heavy atom. The minimum absolute atomic E-state index is 0.0577. The highest BCUT2D eigenvalue weighted by molar-refractivity contribution is 6.30. The molecule has 2 aromatic rings. The second-order valence-corrected chi connectivity index (χ2v) is 9.10. The van der Waals surface area contributed by atoms with Crippen molar-refractivity contribution < 1.29 is 9.59 Å². The molecule has 1 spiro atoms. The summed E-state index contributed by atoms with van der Waals surface area (Å²) in [5, 5.41) is 12.6. The third kappa shape index (κ3) is 3.43. The van der Waals surface area contributed by atoms with Gasteiger partial charge in [0.1, 0.15) is 0 Å². The third-order valence-electron chi connectivity index (χ3n) is 6.77. The first-order valence-corrected chi connectivity index (χ1v) is 11.0. The number of carbonyl (C=O) groups excluding carboxylic acids is 2. The number of rotatable bonds is 3. The lowest BCUT2D eigenvalue weighted by molar-refractivity contribution is -0.181. The summed E-state index contributed by atoms with van der Waals surface area (Å²) < 4.78 is 0. The molecule has 0 bridgehead atoms. The van der Waals surface area contributed by atoms with Gasteiger partial charge >= 0.3 is 6.03 Å². The van der Waals surface area contributed by atoms with E-state index in [0.29, 0.717) is 48.2 Å². The lowest BCUT2D eigenvalue weighted by Gasteiger charge is -2.59. The molecule has 6 nitrogen and oxygen atoms in total. The summed E-state index contributed by atoms with van der Waals surface area (Å²) in [4.78, 5) is 29.8. The normalized spacial score (nSPS) is 22.1. The van der Waals surface area contributed by atoms with Gasteiger partial charge < -0.3 is 15.1 Å². The number of β-lactam (4-membered cyclic amide) rings is 1. The smallest absolute Gasteiger partial charge is 0.321 e. The number of amides is 3. The second-order valence-electron chi connectivity index (χ2n) is 8.66. The van der Waals surface area contributed by atoms with Crippen LogP contribution >= 0.6 is 11.6 Å². The SMILES string of the molecule is N#Cc1cccc(NC(=O)N2CCC3(CC2)C(=O)N(C2CC2)C3c2ccc(Cl)cc2)c1. The fourth-order valence-corrected chi connectivity index (χ4v) is 5.14. The van der Waals surface area contributed by atoms with Crippen molar-refractivity contribution in [3.05, 3.63) is 64.7 Å². The van der Waals surface area contributed by atoms with E-state index in [-0.39, 0.29) is 18.0 Å². The van der Waals surface area contributed by atoms with E-state index in [9.17, 15) is 9.59 Å². The Bertz CT molecular complexity index is 1070. The van der Waals surface area contributed by atoms with Gasteiger partial charge in [-0.05, 0) is 61.6 Å². The fraction of sp³-hybridized carbons (Fsp3) is 0.375. The highest BCUT2D eigenvalue weighted by atomic mass is 35.5. The van der Waals surface area contributed by atoms with Crippen molar-refractivity contribution >= 4 is 29.2 Å². The lowest BCUT2D eigenvalue weighted by atomic mass is 9.62. The molecule has 1 atom stereocenters.